The van der Waals surface area contributed by atoms with Crippen molar-refractivity contribution in [1.82, 2.24) is 5.32 Å². The second-order valence-corrected chi connectivity index (χ2v) is 6.87. The maximum absolute atomic E-state index is 5.22. The molecule has 2 rings (SSSR count). The Morgan fingerprint density at radius 2 is 2.00 bits per heavy atom. The number of unbranched alkanes of at least 4 members (excludes halogenated alkanes) is 3. The van der Waals surface area contributed by atoms with Crippen molar-refractivity contribution >= 4 is 0 Å². The minimum atomic E-state index is 0.425. The van der Waals surface area contributed by atoms with Gasteiger partial charge in [0.25, 0.3) is 0 Å². The van der Waals surface area contributed by atoms with Crippen LogP contribution in [0, 0.1) is 11.8 Å². The molecule has 2 unspecified atom stereocenters. The standard InChI is InChI=1S/C13H26.C5H11NO/c1-3-4-5-6-8-12(2)11-13-9-7-10-13;1-5-4-6-2-3-7-5/h12-13H,3-11H2,1-2H3;5-6H,2-4H2,1H3. The molecule has 1 saturated carbocycles. The smallest absolute Gasteiger partial charge is 0.0672 e. The van der Waals surface area contributed by atoms with Crippen LogP contribution in [0.5, 0.6) is 0 Å². The lowest BCUT2D eigenvalue weighted by Crippen LogP contribution is -2.36. The van der Waals surface area contributed by atoms with Gasteiger partial charge in [-0.15, -0.1) is 0 Å². The molecule has 120 valence electrons. The lowest BCUT2D eigenvalue weighted by molar-refractivity contribution is 0.0410. The Bertz CT molecular complexity index is 209. The molecule has 0 radical (unpaired) electrons. The third kappa shape index (κ3) is 8.97. The number of ether oxygens (including phenoxy) is 1. The highest BCUT2D eigenvalue weighted by Crippen LogP contribution is 2.33. The zero-order valence-corrected chi connectivity index (χ0v) is 14.1. The number of nitrogens with one attached hydrogen (secondary N) is 1. The fourth-order valence-electron chi connectivity index (χ4n) is 3.03. The predicted octanol–water partition coefficient (Wildman–Crippen LogP) is 4.78. The van der Waals surface area contributed by atoms with Gasteiger partial charge in [0.15, 0.2) is 0 Å². The van der Waals surface area contributed by atoms with E-state index in [1.807, 2.05) is 0 Å². The number of hydrogen-bond acceptors (Lipinski definition) is 2. The Balaban J connectivity index is 0.000000240. The molecule has 2 atom stereocenters. The molecule has 1 aliphatic heterocycles. The lowest BCUT2D eigenvalue weighted by Gasteiger charge is -2.28. The third-order valence-corrected chi connectivity index (χ3v) is 4.62. The molecule has 0 amide bonds. The summed E-state index contributed by atoms with van der Waals surface area (Å²) in [5, 5.41) is 3.21. The van der Waals surface area contributed by atoms with E-state index in [2.05, 4.69) is 26.1 Å². The largest absolute Gasteiger partial charge is 0.376 e. The van der Waals surface area contributed by atoms with Crippen LogP contribution in [0.1, 0.15) is 78.6 Å². The maximum Gasteiger partial charge on any atom is 0.0672 e. The molecule has 2 fully saturated rings. The Morgan fingerprint density at radius 1 is 1.20 bits per heavy atom. The minimum Gasteiger partial charge on any atom is -0.376 e. The van der Waals surface area contributed by atoms with Crippen molar-refractivity contribution in [3.05, 3.63) is 0 Å². The molecule has 1 heterocycles. The van der Waals surface area contributed by atoms with Crippen molar-refractivity contribution in [2.24, 2.45) is 11.8 Å². The molecule has 0 aromatic carbocycles. The van der Waals surface area contributed by atoms with Crippen LogP contribution >= 0.6 is 0 Å². The van der Waals surface area contributed by atoms with Gasteiger partial charge in [-0.05, 0) is 25.2 Å². The van der Waals surface area contributed by atoms with Gasteiger partial charge in [0.2, 0.25) is 0 Å². The molecular weight excluding hydrogens is 246 g/mol. The molecule has 0 bridgehead atoms. The van der Waals surface area contributed by atoms with Gasteiger partial charge in [0.05, 0.1) is 12.7 Å². The molecule has 0 aromatic rings. The maximum atomic E-state index is 5.22. The first kappa shape index (κ1) is 18.0. The molecule has 0 aromatic heterocycles. The van der Waals surface area contributed by atoms with Crippen molar-refractivity contribution < 1.29 is 4.74 Å². The number of rotatable bonds is 7. The molecule has 0 spiro atoms. The van der Waals surface area contributed by atoms with E-state index in [0.29, 0.717) is 6.10 Å². The summed E-state index contributed by atoms with van der Waals surface area (Å²) in [4.78, 5) is 0. The van der Waals surface area contributed by atoms with Crippen LogP contribution in [0.2, 0.25) is 0 Å². The van der Waals surface area contributed by atoms with Gasteiger partial charge in [-0.25, -0.2) is 0 Å². The van der Waals surface area contributed by atoms with E-state index >= 15 is 0 Å². The first-order valence-corrected chi connectivity index (χ1v) is 9.04. The monoisotopic (exact) mass is 283 g/mol. The molecule has 2 aliphatic rings. The number of morpholine rings is 1. The van der Waals surface area contributed by atoms with Crippen LogP contribution in [0.4, 0.5) is 0 Å². The summed E-state index contributed by atoms with van der Waals surface area (Å²) in [6.45, 7) is 9.72. The molecule has 1 aliphatic carbocycles. The summed E-state index contributed by atoms with van der Waals surface area (Å²) in [5.74, 6) is 2.11. The summed E-state index contributed by atoms with van der Waals surface area (Å²) < 4.78 is 5.22. The summed E-state index contributed by atoms with van der Waals surface area (Å²) in [6, 6.07) is 0. The van der Waals surface area contributed by atoms with Crippen LogP contribution in [-0.2, 0) is 4.74 Å². The average molecular weight is 284 g/mol. The topological polar surface area (TPSA) is 21.3 Å². The van der Waals surface area contributed by atoms with E-state index in [1.165, 1.54) is 57.8 Å². The lowest BCUT2D eigenvalue weighted by atomic mass is 9.78. The first-order valence-electron chi connectivity index (χ1n) is 9.04. The van der Waals surface area contributed by atoms with Gasteiger partial charge >= 0.3 is 0 Å². The Morgan fingerprint density at radius 3 is 2.45 bits per heavy atom. The Labute approximate surface area is 127 Å². The van der Waals surface area contributed by atoms with Gasteiger partial charge in [0, 0.05) is 13.1 Å². The summed E-state index contributed by atoms with van der Waals surface area (Å²) >= 11 is 0. The Hall–Kier alpha value is -0.0800. The highest BCUT2D eigenvalue weighted by Gasteiger charge is 2.19. The van der Waals surface area contributed by atoms with Crippen LogP contribution in [0.25, 0.3) is 0 Å². The van der Waals surface area contributed by atoms with E-state index < -0.39 is 0 Å². The predicted molar refractivity (Wildman–Crippen MR) is 88.2 cm³/mol. The van der Waals surface area contributed by atoms with E-state index in [-0.39, 0.29) is 0 Å². The molecule has 2 heteroatoms. The molecule has 1 N–H and O–H groups in total. The molecule has 1 saturated heterocycles. The van der Waals surface area contributed by atoms with Crippen LogP contribution in [-0.4, -0.2) is 25.8 Å². The van der Waals surface area contributed by atoms with Crippen molar-refractivity contribution in [3.8, 4) is 0 Å². The minimum absolute atomic E-state index is 0.425. The van der Waals surface area contributed by atoms with Crippen molar-refractivity contribution in [2.75, 3.05) is 19.7 Å². The van der Waals surface area contributed by atoms with Gasteiger partial charge in [-0.3, -0.25) is 0 Å². The second-order valence-electron chi connectivity index (χ2n) is 6.87. The van der Waals surface area contributed by atoms with Gasteiger partial charge in [-0.1, -0.05) is 65.2 Å². The quantitative estimate of drug-likeness (QED) is 0.679. The van der Waals surface area contributed by atoms with E-state index in [4.69, 9.17) is 4.74 Å². The van der Waals surface area contributed by atoms with Crippen LogP contribution in [0.3, 0.4) is 0 Å². The molecule has 20 heavy (non-hydrogen) atoms. The SMILES string of the molecule is CC1CNCCO1.CCCCCCC(C)CC1CCC1. The van der Waals surface area contributed by atoms with E-state index in [9.17, 15) is 0 Å². The van der Waals surface area contributed by atoms with Gasteiger partial charge in [0.1, 0.15) is 0 Å². The first-order chi connectivity index (χ1) is 9.72. The van der Waals surface area contributed by atoms with E-state index in [0.717, 1.165) is 31.5 Å². The van der Waals surface area contributed by atoms with E-state index in [1.54, 1.807) is 0 Å². The van der Waals surface area contributed by atoms with Crippen molar-refractivity contribution in [1.29, 1.82) is 0 Å². The van der Waals surface area contributed by atoms with Crippen LogP contribution in [0.15, 0.2) is 0 Å². The Kier molecular flexibility index (Phi) is 10.4. The fraction of sp³-hybridized carbons (Fsp3) is 1.00. The summed E-state index contributed by atoms with van der Waals surface area (Å²) in [7, 11) is 0. The fourth-order valence-corrected chi connectivity index (χ4v) is 3.03. The molecular formula is C18H37NO. The normalized spacial score (nSPS) is 24.4. The number of hydrogen-bond donors (Lipinski definition) is 1. The van der Waals surface area contributed by atoms with Gasteiger partial charge < -0.3 is 10.1 Å². The molecule has 2 nitrogen and oxygen atoms in total. The highest BCUT2D eigenvalue weighted by atomic mass is 16.5. The van der Waals surface area contributed by atoms with Crippen molar-refractivity contribution in [2.45, 2.75) is 84.7 Å². The zero-order chi connectivity index (χ0) is 14.6. The highest BCUT2D eigenvalue weighted by molar-refractivity contribution is 4.71. The zero-order valence-electron chi connectivity index (χ0n) is 14.1. The summed E-state index contributed by atoms with van der Waals surface area (Å²) in [6.07, 6.45) is 13.7. The average Bonchev–Trinajstić information content (AvgIpc) is 2.41. The van der Waals surface area contributed by atoms with Crippen LogP contribution < -0.4 is 5.32 Å². The van der Waals surface area contributed by atoms with Crippen molar-refractivity contribution in [3.63, 3.8) is 0 Å². The summed E-state index contributed by atoms with van der Waals surface area (Å²) in [5.41, 5.74) is 0. The van der Waals surface area contributed by atoms with Gasteiger partial charge in [-0.2, -0.15) is 0 Å². The second kappa shape index (κ2) is 11.6. The third-order valence-electron chi connectivity index (χ3n) is 4.62.